The monoisotopic (exact) mass is 391 g/mol. The molecule has 1 heterocycles. The molecule has 1 fully saturated rings. The maximum Gasteiger partial charge on any atom is 0.325 e. The number of benzene rings is 1. The number of thiazole rings is 1. The zero-order chi connectivity index (χ0) is 19.4. The number of carbonyl (C=O) groups is 3. The molecule has 0 unspecified atom stereocenters. The fraction of sp³-hybridized carbons (Fsp3) is 0.333. The summed E-state index contributed by atoms with van der Waals surface area (Å²) in [6, 6.07) is 3.02. The van der Waals surface area contributed by atoms with Crippen molar-refractivity contribution in [2.45, 2.75) is 32.1 Å². The van der Waals surface area contributed by atoms with Crippen molar-refractivity contribution in [2.75, 3.05) is 10.6 Å². The van der Waals surface area contributed by atoms with Gasteiger partial charge in [-0.3, -0.25) is 14.9 Å². The number of rotatable bonds is 6. The van der Waals surface area contributed by atoms with Crippen molar-refractivity contribution in [1.82, 2.24) is 4.98 Å². The Morgan fingerprint density at radius 3 is 2.67 bits per heavy atom. The van der Waals surface area contributed by atoms with Gasteiger partial charge in [0.1, 0.15) is 5.82 Å². The normalized spacial score (nSPS) is 14.1. The van der Waals surface area contributed by atoms with Gasteiger partial charge in [0.15, 0.2) is 10.9 Å². The summed E-state index contributed by atoms with van der Waals surface area (Å²) in [6.45, 7) is 0. The van der Waals surface area contributed by atoms with Gasteiger partial charge in [-0.15, -0.1) is 11.3 Å². The second-order valence-corrected chi connectivity index (χ2v) is 7.19. The van der Waals surface area contributed by atoms with Crippen LogP contribution in [-0.2, 0) is 11.2 Å². The molecule has 3 rings (SSSR count). The Morgan fingerprint density at radius 1 is 1.22 bits per heavy atom. The second-order valence-electron chi connectivity index (χ2n) is 6.33. The van der Waals surface area contributed by atoms with E-state index in [4.69, 9.17) is 5.11 Å². The van der Waals surface area contributed by atoms with Gasteiger partial charge in [-0.25, -0.2) is 14.2 Å². The lowest BCUT2D eigenvalue weighted by Crippen LogP contribution is -2.22. The minimum absolute atomic E-state index is 0.0965. The molecule has 3 N–H and O–H groups in total. The van der Waals surface area contributed by atoms with Crippen LogP contribution in [0.5, 0.6) is 0 Å². The van der Waals surface area contributed by atoms with E-state index in [0.717, 1.165) is 43.1 Å². The summed E-state index contributed by atoms with van der Waals surface area (Å²) in [6.07, 6.45) is 3.33. The van der Waals surface area contributed by atoms with E-state index in [1.807, 2.05) is 0 Å². The molecule has 1 aromatic heterocycles. The van der Waals surface area contributed by atoms with E-state index in [1.165, 1.54) is 17.5 Å². The molecule has 1 aliphatic carbocycles. The fourth-order valence-corrected chi connectivity index (χ4v) is 3.80. The summed E-state index contributed by atoms with van der Waals surface area (Å²) in [4.78, 5) is 39.6. The number of nitrogens with zero attached hydrogens (tertiary/aromatic N) is 1. The Hall–Kier alpha value is -2.81. The molecule has 0 radical (unpaired) electrons. The third-order valence-electron chi connectivity index (χ3n) is 4.33. The third-order valence-corrected chi connectivity index (χ3v) is 5.13. The van der Waals surface area contributed by atoms with E-state index in [2.05, 4.69) is 15.6 Å². The zero-order valence-corrected chi connectivity index (χ0v) is 15.1. The first kappa shape index (κ1) is 19.0. The van der Waals surface area contributed by atoms with Crippen LogP contribution in [0.2, 0.25) is 0 Å². The lowest BCUT2D eigenvalue weighted by molar-refractivity contribution is -0.136. The molecule has 0 atom stereocenters. The molecule has 142 valence electrons. The fourth-order valence-electron chi connectivity index (χ4n) is 3.09. The molecule has 0 aliphatic heterocycles. The van der Waals surface area contributed by atoms with Gasteiger partial charge in [-0.1, -0.05) is 12.8 Å². The number of hydrogen-bond donors (Lipinski definition) is 3. The maximum absolute atomic E-state index is 13.6. The van der Waals surface area contributed by atoms with Crippen LogP contribution in [0, 0.1) is 11.7 Å². The Kier molecular flexibility index (Phi) is 5.80. The largest absolute Gasteiger partial charge is 0.481 e. The highest BCUT2D eigenvalue weighted by Crippen LogP contribution is 2.31. The number of aliphatic carboxylic acids is 1. The molecule has 2 amide bonds. The molecule has 27 heavy (non-hydrogen) atoms. The molecule has 7 nitrogen and oxygen atoms in total. The number of amides is 2. The molecular formula is C18H18FN3O4S. The first-order chi connectivity index (χ1) is 12.9. The van der Waals surface area contributed by atoms with Gasteiger partial charge >= 0.3 is 12.0 Å². The van der Waals surface area contributed by atoms with Crippen LogP contribution < -0.4 is 10.6 Å². The predicted octanol–water partition coefficient (Wildman–Crippen LogP) is 3.93. The Balaban J connectivity index is 1.71. The smallest absolute Gasteiger partial charge is 0.325 e. The van der Waals surface area contributed by atoms with E-state index >= 15 is 0 Å². The van der Waals surface area contributed by atoms with Crippen molar-refractivity contribution in [2.24, 2.45) is 5.92 Å². The zero-order valence-electron chi connectivity index (χ0n) is 14.3. The van der Waals surface area contributed by atoms with Crippen LogP contribution in [0.3, 0.4) is 0 Å². The summed E-state index contributed by atoms with van der Waals surface area (Å²) in [7, 11) is 0. The molecule has 0 bridgehead atoms. The number of Topliss-reactive ketones (excluding diaryl/α,β-unsaturated/α-hetero) is 1. The van der Waals surface area contributed by atoms with Gasteiger partial charge < -0.3 is 10.4 Å². The van der Waals surface area contributed by atoms with Crippen molar-refractivity contribution in [1.29, 1.82) is 0 Å². The van der Waals surface area contributed by atoms with Crippen LogP contribution in [0.15, 0.2) is 23.6 Å². The molecule has 2 aromatic rings. The highest BCUT2D eigenvalue weighted by Gasteiger charge is 2.26. The average molecular weight is 391 g/mol. The van der Waals surface area contributed by atoms with Gasteiger partial charge in [0, 0.05) is 16.9 Å². The van der Waals surface area contributed by atoms with Crippen LogP contribution >= 0.6 is 11.3 Å². The summed E-state index contributed by atoms with van der Waals surface area (Å²) in [5.74, 6) is -1.78. The molecule has 9 heteroatoms. The second kappa shape index (κ2) is 8.26. The number of anilines is 2. The van der Waals surface area contributed by atoms with E-state index < -0.39 is 17.8 Å². The number of carboxylic acid groups (broad SMARTS) is 1. The van der Waals surface area contributed by atoms with Crippen LogP contribution in [0.25, 0.3) is 0 Å². The Morgan fingerprint density at radius 2 is 1.96 bits per heavy atom. The maximum atomic E-state index is 13.6. The van der Waals surface area contributed by atoms with Gasteiger partial charge in [0.05, 0.1) is 17.8 Å². The Labute approximate surface area is 158 Å². The van der Waals surface area contributed by atoms with Crippen molar-refractivity contribution in [3.63, 3.8) is 0 Å². The van der Waals surface area contributed by atoms with Crippen LogP contribution in [0.1, 0.15) is 41.7 Å². The standard InChI is InChI=1S/C18H18FN3O4S/c19-11-5-6-13(16(25)10-3-1-2-4-10)14(7-11)21-17(26)22-18-20-12(9-27-18)8-15(23)24/h5-7,9-10H,1-4,8H2,(H,23,24)(H2,20,21,22,26). The molecule has 0 spiro atoms. The lowest BCUT2D eigenvalue weighted by Gasteiger charge is -2.14. The summed E-state index contributed by atoms with van der Waals surface area (Å²) >= 11 is 1.08. The first-order valence-corrected chi connectivity index (χ1v) is 9.38. The first-order valence-electron chi connectivity index (χ1n) is 8.50. The number of nitrogens with one attached hydrogen (secondary N) is 2. The van der Waals surface area contributed by atoms with E-state index in [1.54, 1.807) is 0 Å². The number of hydrogen-bond acceptors (Lipinski definition) is 5. The lowest BCUT2D eigenvalue weighted by atomic mass is 9.95. The number of carbonyl (C=O) groups excluding carboxylic acids is 2. The van der Waals surface area contributed by atoms with Crippen LogP contribution in [-0.4, -0.2) is 27.9 Å². The van der Waals surface area contributed by atoms with E-state index in [-0.39, 0.29) is 34.5 Å². The number of aromatic nitrogens is 1. The quantitative estimate of drug-likeness (QED) is 0.647. The van der Waals surface area contributed by atoms with Crippen molar-refractivity contribution >= 4 is 39.9 Å². The SMILES string of the molecule is O=C(O)Cc1csc(NC(=O)Nc2cc(F)ccc2C(=O)C2CCCC2)n1. The summed E-state index contributed by atoms with van der Waals surface area (Å²) in [5.41, 5.74) is 0.710. The number of carboxylic acids is 1. The van der Waals surface area contributed by atoms with Crippen molar-refractivity contribution in [3.8, 4) is 0 Å². The van der Waals surface area contributed by atoms with E-state index in [0.29, 0.717) is 5.69 Å². The molecule has 1 aliphatic rings. The van der Waals surface area contributed by atoms with Crippen molar-refractivity contribution < 1.29 is 23.9 Å². The minimum Gasteiger partial charge on any atom is -0.481 e. The van der Waals surface area contributed by atoms with Gasteiger partial charge in [0.2, 0.25) is 0 Å². The highest BCUT2D eigenvalue weighted by molar-refractivity contribution is 7.14. The topological polar surface area (TPSA) is 108 Å². The number of ketones is 1. The summed E-state index contributed by atoms with van der Waals surface area (Å²) in [5, 5.41) is 15.5. The van der Waals surface area contributed by atoms with E-state index in [9.17, 15) is 18.8 Å². The average Bonchev–Trinajstić information content (AvgIpc) is 3.26. The van der Waals surface area contributed by atoms with Gasteiger partial charge in [0.25, 0.3) is 0 Å². The van der Waals surface area contributed by atoms with Crippen molar-refractivity contribution in [3.05, 3.63) is 40.7 Å². The molecule has 0 saturated heterocycles. The number of urea groups is 1. The Bertz CT molecular complexity index is 877. The van der Waals surface area contributed by atoms with Gasteiger partial charge in [-0.2, -0.15) is 0 Å². The minimum atomic E-state index is -1.02. The molecule has 1 aromatic carbocycles. The van der Waals surface area contributed by atoms with Crippen LogP contribution in [0.4, 0.5) is 20.0 Å². The molecular weight excluding hydrogens is 373 g/mol. The summed E-state index contributed by atoms with van der Waals surface area (Å²) < 4.78 is 13.6. The highest BCUT2D eigenvalue weighted by atomic mass is 32.1. The molecule has 1 saturated carbocycles. The number of halogens is 1. The third kappa shape index (κ3) is 4.88. The van der Waals surface area contributed by atoms with Gasteiger partial charge in [-0.05, 0) is 31.0 Å². The predicted molar refractivity (Wildman–Crippen MR) is 98.8 cm³/mol.